The Morgan fingerprint density at radius 3 is 2.74 bits per heavy atom. The van der Waals surface area contributed by atoms with E-state index >= 15 is 0 Å². The average Bonchev–Trinajstić information content (AvgIpc) is 2.86. The summed E-state index contributed by atoms with van der Waals surface area (Å²) in [7, 11) is 0. The third-order valence-electron chi connectivity index (χ3n) is 3.28. The smallest absolute Gasteiger partial charge is 0.346 e. The lowest BCUT2D eigenvalue weighted by Crippen LogP contribution is -2.40. The van der Waals surface area contributed by atoms with Crippen molar-refractivity contribution >= 4 is 23.2 Å². The van der Waals surface area contributed by atoms with Crippen LogP contribution in [-0.4, -0.2) is 41.6 Å². The van der Waals surface area contributed by atoms with Crippen LogP contribution in [0.4, 0.5) is 0 Å². The second kappa shape index (κ2) is 6.06. The van der Waals surface area contributed by atoms with Gasteiger partial charge in [-0.25, -0.2) is 4.79 Å². The van der Waals surface area contributed by atoms with Gasteiger partial charge in [-0.15, -0.1) is 11.3 Å². The quantitative estimate of drug-likeness (QED) is 0.918. The molecular weight excluding hydrogens is 266 g/mol. The molecular formula is C13H17NO4S. The number of hydrogen-bond donors (Lipinski definition) is 1. The Hall–Kier alpha value is -1.56. The van der Waals surface area contributed by atoms with Crippen molar-refractivity contribution in [2.75, 3.05) is 19.7 Å². The van der Waals surface area contributed by atoms with Gasteiger partial charge in [0.15, 0.2) is 6.61 Å². The number of aromatic carboxylic acids is 1. The van der Waals surface area contributed by atoms with Gasteiger partial charge in [0.25, 0.3) is 5.91 Å². The van der Waals surface area contributed by atoms with Crippen LogP contribution in [0.3, 0.4) is 0 Å². The summed E-state index contributed by atoms with van der Waals surface area (Å²) in [4.78, 5) is 24.6. The van der Waals surface area contributed by atoms with E-state index in [1.54, 1.807) is 5.38 Å². The van der Waals surface area contributed by atoms with Gasteiger partial charge < -0.3 is 14.7 Å². The lowest BCUT2D eigenvalue weighted by atomic mass is 9.99. The highest BCUT2D eigenvalue weighted by molar-refractivity contribution is 7.12. The normalized spacial score (nSPS) is 16.4. The van der Waals surface area contributed by atoms with Crippen molar-refractivity contribution in [3.05, 3.63) is 16.3 Å². The van der Waals surface area contributed by atoms with Gasteiger partial charge in [-0.3, -0.25) is 4.79 Å². The maximum atomic E-state index is 11.9. The Kier molecular flexibility index (Phi) is 4.42. The molecule has 19 heavy (non-hydrogen) atoms. The van der Waals surface area contributed by atoms with Crippen LogP contribution < -0.4 is 4.74 Å². The molecule has 0 saturated carbocycles. The van der Waals surface area contributed by atoms with Gasteiger partial charge in [0, 0.05) is 24.5 Å². The number of nitrogens with zero attached hydrogens (tertiary/aromatic N) is 1. The Morgan fingerprint density at radius 2 is 2.16 bits per heavy atom. The second-order valence-corrected chi connectivity index (χ2v) is 5.72. The first kappa shape index (κ1) is 13.9. The molecule has 104 valence electrons. The molecule has 1 aliphatic rings. The zero-order chi connectivity index (χ0) is 13.8. The van der Waals surface area contributed by atoms with Crippen molar-refractivity contribution in [2.45, 2.75) is 19.8 Å². The molecule has 0 aromatic carbocycles. The molecule has 0 spiro atoms. The summed E-state index contributed by atoms with van der Waals surface area (Å²) in [5.74, 6) is 0.118. The number of carboxylic acids is 1. The summed E-state index contributed by atoms with van der Waals surface area (Å²) >= 11 is 1.10. The number of carboxylic acid groups (broad SMARTS) is 1. The van der Waals surface area contributed by atoms with Gasteiger partial charge in [-0.2, -0.15) is 0 Å². The van der Waals surface area contributed by atoms with E-state index in [-0.39, 0.29) is 17.4 Å². The molecule has 0 unspecified atom stereocenters. The largest absolute Gasteiger partial charge is 0.483 e. The average molecular weight is 283 g/mol. The van der Waals surface area contributed by atoms with Crippen molar-refractivity contribution in [1.82, 2.24) is 4.90 Å². The Balaban J connectivity index is 1.81. The SMILES string of the molecule is CC1CCN(C(=O)COc2csc(C(=O)O)c2)CC1. The number of thiophene rings is 1. The van der Waals surface area contributed by atoms with E-state index in [9.17, 15) is 9.59 Å². The number of likely N-dealkylation sites (tertiary alicyclic amines) is 1. The van der Waals surface area contributed by atoms with E-state index in [4.69, 9.17) is 9.84 Å². The summed E-state index contributed by atoms with van der Waals surface area (Å²) in [6, 6.07) is 1.44. The third-order valence-corrected chi connectivity index (χ3v) is 4.18. The van der Waals surface area contributed by atoms with Crippen LogP contribution in [0.2, 0.25) is 0 Å². The minimum absolute atomic E-state index is 0.0236. The fourth-order valence-corrected chi connectivity index (χ4v) is 2.67. The molecule has 0 atom stereocenters. The van der Waals surface area contributed by atoms with E-state index in [2.05, 4.69) is 6.92 Å². The molecule has 1 fully saturated rings. The monoisotopic (exact) mass is 283 g/mol. The summed E-state index contributed by atoms with van der Waals surface area (Å²) < 4.78 is 5.33. The highest BCUT2D eigenvalue weighted by Gasteiger charge is 2.20. The number of piperidine rings is 1. The van der Waals surface area contributed by atoms with Crippen LogP contribution in [0.25, 0.3) is 0 Å². The van der Waals surface area contributed by atoms with Crippen LogP contribution in [0.15, 0.2) is 11.4 Å². The van der Waals surface area contributed by atoms with Crippen LogP contribution in [-0.2, 0) is 4.79 Å². The minimum atomic E-state index is -0.976. The highest BCUT2D eigenvalue weighted by atomic mass is 32.1. The summed E-state index contributed by atoms with van der Waals surface area (Å²) in [6.45, 7) is 3.74. The number of carbonyl (C=O) groups excluding carboxylic acids is 1. The van der Waals surface area contributed by atoms with Gasteiger partial charge in [0.2, 0.25) is 0 Å². The number of carbonyl (C=O) groups is 2. The standard InChI is InChI=1S/C13H17NO4S/c1-9-2-4-14(5-3-9)12(15)7-18-10-6-11(13(16)17)19-8-10/h6,8-9H,2-5,7H2,1H3,(H,16,17). The summed E-state index contributed by atoms with van der Waals surface area (Å²) in [5.41, 5.74) is 0. The van der Waals surface area contributed by atoms with E-state index in [0.29, 0.717) is 11.7 Å². The van der Waals surface area contributed by atoms with E-state index in [0.717, 1.165) is 37.3 Å². The molecule has 1 N–H and O–H groups in total. The molecule has 6 heteroatoms. The Bertz CT molecular complexity index is 463. The molecule has 1 saturated heterocycles. The molecule has 0 bridgehead atoms. The fraction of sp³-hybridized carbons (Fsp3) is 0.538. The first-order chi connectivity index (χ1) is 9.06. The Morgan fingerprint density at radius 1 is 1.47 bits per heavy atom. The predicted molar refractivity (Wildman–Crippen MR) is 71.8 cm³/mol. The summed E-state index contributed by atoms with van der Waals surface area (Å²) in [5, 5.41) is 10.4. The first-order valence-corrected chi connectivity index (χ1v) is 7.16. The molecule has 1 aliphatic heterocycles. The number of ether oxygens (including phenoxy) is 1. The number of amides is 1. The van der Waals surface area contributed by atoms with E-state index < -0.39 is 5.97 Å². The number of rotatable bonds is 4. The molecule has 5 nitrogen and oxygen atoms in total. The zero-order valence-corrected chi connectivity index (χ0v) is 11.6. The highest BCUT2D eigenvalue weighted by Crippen LogP contribution is 2.22. The Labute approximate surface area is 115 Å². The van der Waals surface area contributed by atoms with E-state index in [1.165, 1.54) is 6.07 Å². The minimum Gasteiger partial charge on any atom is -0.483 e. The van der Waals surface area contributed by atoms with Gasteiger partial charge >= 0.3 is 5.97 Å². The van der Waals surface area contributed by atoms with Crippen molar-refractivity contribution in [3.63, 3.8) is 0 Å². The molecule has 0 radical (unpaired) electrons. The van der Waals surface area contributed by atoms with Gasteiger partial charge in [0.05, 0.1) is 0 Å². The van der Waals surface area contributed by atoms with Crippen molar-refractivity contribution in [2.24, 2.45) is 5.92 Å². The molecule has 0 aliphatic carbocycles. The molecule has 1 aromatic heterocycles. The molecule has 2 heterocycles. The van der Waals surface area contributed by atoms with Crippen LogP contribution in [0.1, 0.15) is 29.4 Å². The summed E-state index contributed by atoms with van der Waals surface area (Å²) in [6.07, 6.45) is 2.07. The first-order valence-electron chi connectivity index (χ1n) is 6.28. The second-order valence-electron chi connectivity index (χ2n) is 4.80. The fourth-order valence-electron chi connectivity index (χ4n) is 2.00. The third kappa shape index (κ3) is 3.70. The lowest BCUT2D eigenvalue weighted by Gasteiger charge is -2.30. The lowest BCUT2D eigenvalue weighted by molar-refractivity contribution is -0.134. The van der Waals surface area contributed by atoms with Gasteiger partial charge in [-0.05, 0) is 18.8 Å². The van der Waals surface area contributed by atoms with Gasteiger partial charge in [0.1, 0.15) is 10.6 Å². The van der Waals surface area contributed by atoms with E-state index in [1.807, 2.05) is 4.90 Å². The zero-order valence-electron chi connectivity index (χ0n) is 10.8. The van der Waals surface area contributed by atoms with Crippen molar-refractivity contribution in [3.8, 4) is 5.75 Å². The van der Waals surface area contributed by atoms with Crippen molar-refractivity contribution in [1.29, 1.82) is 0 Å². The van der Waals surface area contributed by atoms with Crippen LogP contribution in [0, 0.1) is 5.92 Å². The van der Waals surface area contributed by atoms with Gasteiger partial charge in [-0.1, -0.05) is 6.92 Å². The molecule has 2 rings (SSSR count). The van der Waals surface area contributed by atoms with Crippen LogP contribution >= 0.6 is 11.3 Å². The number of hydrogen-bond acceptors (Lipinski definition) is 4. The maximum Gasteiger partial charge on any atom is 0.346 e. The maximum absolute atomic E-state index is 11.9. The molecule has 1 amide bonds. The van der Waals surface area contributed by atoms with Crippen LogP contribution in [0.5, 0.6) is 5.75 Å². The predicted octanol–water partition coefficient (Wildman–Crippen LogP) is 2.08. The topological polar surface area (TPSA) is 66.8 Å². The van der Waals surface area contributed by atoms with Crippen molar-refractivity contribution < 1.29 is 19.4 Å². The molecule has 1 aromatic rings.